The number of hydrogen-bond donors (Lipinski definition) is 2. The molecule has 0 saturated heterocycles. The number of carbonyl (C=O) groups is 1. The van der Waals surface area contributed by atoms with Crippen molar-refractivity contribution in [2.24, 2.45) is 0 Å². The van der Waals surface area contributed by atoms with Crippen LogP contribution in [0.25, 0.3) is 0 Å². The third-order valence-corrected chi connectivity index (χ3v) is 6.10. The van der Waals surface area contributed by atoms with Crippen molar-refractivity contribution in [3.05, 3.63) is 81.8 Å². The molecule has 2 N–H and O–H groups in total. The van der Waals surface area contributed by atoms with Crippen LogP contribution in [-0.2, 0) is 10.0 Å². The van der Waals surface area contributed by atoms with Gasteiger partial charge in [-0.25, -0.2) is 8.42 Å². The average Bonchev–Trinajstić information content (AvgIpc) is 2.70. The van der Waals surface area contributed by atoms with Gasteiger partial charge in [0.05, 0.1) is 7.11 Å². The lowest BCUT2D eigenvalue weighted by atomic mass is 10.2. The van der Waals surface area contributed by atoms with Crippen LogP contribution in [0.15, 0.2) is 76.1 Å². The summed E-state index contributed by atoms with van der Waals surface area (Å²) < 4.78 is 34.3. The summed E-state index contributed by atoms with van der Waals surface area (Å²) >= 11 is 9.14. The van der Waals surface area contributed by atoms with Crippen LogP contribution >= 0.6 is 27.5 Å². The van der Waals surface area contributed by atoms with E-state index in [1.54, 1.807) is 54.6 Å². The number of benzene rings is 3. The number of methoxy groups -OCH3 is 1. The Labute approximate surface area is 182 Å². The third-order valence-electron chi connectivity index (χ3n) is 3.91. The van der Waals surface area contributed by atoms with Crippen LogP contribution in [0.2, 0.25) is 5.02 Å². The van der Waals surface area contributed by atoms with Gasteiger partial charge in [-0.2, -0.15) is 0 Å². The fourth-order valence-corrected chi connectivity index (χ4v) is 4.14. The molecule has 9 heteroatoms. The minimum atomic E-state index is -3.96. The second kappa shape index (κ2) is 8.86. The van der Waals surface area contributed by atoms with Crippen LogP contribution in [-0.4, -0.2) is 21.4 Å². The topological polar surface area (TPSA) is 84.5 Å². The van der Waals surface area contributed by atoms with Gasteiger partial charge in [-0.05, 0) is 66.7 Å². The lowest BCUT2D eigenvalue weighted by molar-refractivity contribution is 0.102. The second-order valence-corrected chi connectivity index (χ2v) is 8.94. The average molecular weight is 496 g/mol. The predicted octanol–water partition coefficient (Wildman–Crippen LogP) is 5.16. The number of anilines is 2. The number of rotatable bonds is 6. The summed E-state index contributed by atoms with van der Waals surface area (Å²) in [5, 5.41) is 3.19. The van der Waals surface area contributed by atoms with Crippen LogP contribution < -0.4 is 14.8 Å². The highest BCUT2D eigenvalue weighted by Crippen LogP contribution is 2.29. The largest absolute Gasteiger partial charge is 0.495 e. The Morgan fingerprint density at radius 1 is 0.966 bits per heavy atom. The zero-order valence-electron chi connectivity index (χ0n) is 15.1. The third kappa shape index (κ3) is 5.29. The van der Waals surface area contributed by atoms with E-state index in [0.29, 0.717) is 22.0 Å². The summed E-state index contributed by atoms with van der Waals surface area (Å²) in [5.41, 5.74) is 1.09. The monoisotopic (exact) mass is 494 g/mol. The lowest BCUT2D eigenvalue weighted by Gasteiger charge is -2.14. The summed E-state index contributed by atoms with van der Waals surface area (Å²) in [6.45, 7) is 0. The number of sulfonamides is 1. The summed E-state index contributed by atoms with van der Waals surface area (Å²) in [4.78, 5) is 12.3. The van der Waals surface area contributed by atoms with E-state index in [0.717, 1.165) is 4.47 Å². The molecule has 3 aromatic carbocycles. The maximum absolute atomic E-state index is 12.9. The van der Waals surface area contributed by atoms with E-state index in [-0.39, 0.29) is 10.6 Å². The van der Waals surface area contributed by atoms with Gasteiger partial charge < -0.3 is 10.1 Å². The molecular formula is C20H16BrClN2O4S. The molecule has 1 amide bonds. The van der Waals surface area contributed by atoms with E-state index in [9.17, 15) is 13.2 Å². The Hall–Kier alpha value is -2.55. The first kappa shape index (κ1) is 21.2. The van der Waals surface area contributed by atoms with Crippen LogP contribution in [0.5, 0.6) is 5.75 Å². The molecular weight excluding hydrogens is 480 g/mol. The van der Waals surface area contributed by atoms with Crippen molar-refractivity contribution in [1.82, 2.24) is 0 Å². The van der Waals surface area contributed by atoms with Gasteiger partial charge in [-0.1, -0.05) is 27.5 Å². The van der Waals surface area contributed by atoms with E-state index in [2.05, 4.69) is 26.0 Å². The number of carbonyl (C=O) groups excluding carboxylic acids is 1. The SMILES string of the molecule is COc1ccc(NC(=O)c2ccc(Cl)cc2)cc1S(=O)(=O)Nc1ccc(Br)cc1. The summed E-state index contributed by atoms with van der Waals surface area (Å²) in [6.07, 6.45) is 0. The molecule has 0 radical (unpaired) electrons. The number of ether oxygens (including phenoxy) is 1. The lowest BCUT2D eigenvalue weighted by Crippen LogP contribution is -2.16. The van der Waals surface area contributed by atoms with Crippen LogP contribution in [0.4, 0.5) is 11.4 Å². The Kier molecular flexibility index (Phi) is 6.46. The minimum absolute atomic E-state index is 0.100. The van der Waals surface area contributed by atoms with Crippen molar-refractivity contribution in [2.45, 2.75) is 4.90 Å². The van der Waals surface area contributed by atoms with Crippen molar-refractivity contribution in [1.29, 1.82) is 0 Å². The highest BCUT2D eigenvalue weighted by atomic mass is 79.9. The van der Waals surface area contributed by atoms with E-state index in [1.165, 1.54) is 19.2 Å². The highest BCUT2D eigenvalue weighted by Gasteiger charge is 2.21. The number of hydrogen-bond acceptors (Lipinski definition) is 4. The normalized spacial score (nSPS) is 11.0. The van der Waals surface area contributed by atoms with Gasteiger partial charge >= 0.3 is 0 Å². The van der Waals surface area contributed by atoms with Crippen LogP contribution in [0, 0.1) is 0 Å². The van der Waals surface area contributed by atoms with E-state index in [1.807, 2.05) is 0 Å². The van der Waals surface area contributed by atoms with E-state index >= 15 is 0 Å². The fourth-order valence-electron chi connectivity index (χ4n) is 2.50. The molecule has 0 unspecified atom stereocenters. The molecule has 0 aliphatic carbocycles. The predicted molar refractivity (Wildman–Crippen MR) is 117 cm³/mol. The molecule has 0 bridgehead atoms. The molecule has 0 aromatic heterocycles. The summed E-state index contributed by atoms with van der Waals surface area (Å²) in [7, 11) is -2.58. The van der Waals surface area contributed by atoms with Gasteiger partial charge in [0.2, 0.25) is 0 Å². The van der Waals surface area contributed by atoms with Gasteiger partial charge in [-0.15, -0.1) is 0 Å². The van der Waals surface area contributed by atoms with Crippen molar-refractivity contribution in [2.75, 3.05) is 17.1 Å². The summed E-state index contributed by atoms with van der Waals surface area (Å²) in [5.74, 6) is -0.241. The molecule has 0 fully saturated rings. The molecule has 0 aliphatic rings. The Morgan fingerprint density at radius 2 is 1.59 bits per heavy atom. The molecule has 0 heterocycles. The smallest absolute Gasteiger partial charge is 0.265 e. The zero-order valence-corrected chi connectivity index (χ0v) is 18.3. The van der Waals surface area contributed by atoms with Gasteiger partial charge in [0.15, 0.2) is 0 Å². The standard InChI is InChI=1S/C20H16BrClN2O4S/c1-28-18-11-10-17(23-20(25)13-2-6-15(22)7-3-13)12-19(18)29(26,27)24-16-8-4-14(21)5-9-16/h2-12,24H,1H3,(H,23,25). The summed E-state index contributed by atoms with van der Waals surface area (Å²) in [6, 6.07) is 17.4. The van der Waals surface area contributed by atoms with Crippen LogP contribution in [0.3, 0.4) is 0 Å². The van der Waals surface area contributed by atoms with Gasteiger partial charge in [0.1, 0.15) is 10.6 Å². The van der Waals surface area contributed by atoms with E-state index in [4.69, 9.17) is 16.3 Å². The Balaban J connectivity index is 1.88. The molecule has 29 heavy (non-hydrogen) atoms. The fraction of sp³-hybridized carbons (Fsp3) is 0.0500. The van der Waals surface area contributed by atoms with Crippen molar-refractivity contribution in [3.8, 4) is 5.75 Å². The number of nitrogens with one attached hydrogen (secondary N) is 2. The first-order valence-corrected chi connectivity index (χ1v) is 11.0. The maximum Gasteiger partial charge on any atom is 0.265 e. The van der Waals surface area contributed by atoms with Crippen molar-refractivity contribution >= 4 is 54.8 Å². The molecule has 150 valence electrons. The van der Waals surface area contributed by atoms with Crippen molar-refractivity contribution < 1.29 is 17.9 Å². The van der Waals surface area contributed by atoms with Gasteiger partial charge in [0, 0.05) is 26.4 Å². The Bertz CT molecular complexity index is 1130. The molecule has 6 nitrogen and oxygen atoms in total. The molecule has 0 spiro atoms. The first-order chi connectivity index (χ1) is 13.8. The highest BCUT2D eigenvalue weighted by molar-refractivity contribution is 9.10. The minimum Gasteiger partial charge on any atom is -0.495 e. The molecule has 3 aromatic rings. The van der Waals surface area contributed by atoms with Crippen LogP contribution in [0.1, 0.15) is 10.4 Å². The molecule has 0 aliphatic heterocycles. The number of amides is 1. The van der Waals surface area contributed by atoms with E-state index < -0.39 is 15.9 Å². The van der Waals surface area contributed by atoms with Gasteiger partial charge in [0.25, 0.3) is 15.9 Å². The quantitative estimate of drug-likeness (QED) is 0.494. The second-order valence-electron chi connectivity index (χ2n) is 5.94. The maximum atomic E-state index is 12.9. The first-order valence-electron chi connectivity index (χ1n) is 8.32. The van der Waals surface area contributed by atoms with Gasteiger partial charge in [-0.3, -0.25) is 9.52 Å². The number of halogens is 2. The molecule has 0 saturated carbocycles. The van der Waals surface area contributed by atoms with Crippen molar-refractivity contribution in [3.63, 3.8) is 0 Å². The zero-order chi connectivity index (χ0) is 21.0. The Morgan fingerprint density at radius 3 is 2.21 bits per heavy atom. The molecule has 3 rings (SSSR count). The molecule has 0 atom stereocenters.